The highest BCUT2D eigenvalue weighted by atomic mass is 16.5. The van der Waals surface area contributed by atoms with Crippen molar-refractivity contribution in [2.75, 3.05) is 19.0 Å². The number of hydrogen-bond donors (Lipinski definition) is 2. The van der Waals surface area contributed by atoms with Crippen LogP contribution in [0.25, 0.3) is 0 Å². The summed E-state index contributed by atoms with van der Waals surface area (Å²) in [6.45, 7) is 0.155. The lowest BCUT2D eigenvalue weighted by Crippen LogP contribution is -2.56. The second kappa shape index (κ2) is 4.21. The number of benzene rings is 1. The maximum atomic E-state index is 9.39. The molecule has 15 heavy (non-hydrogen) atoms. The number of rotatable bonds is 4. The first-order valence-corrected chi connectivity index (χ1v) is 5.25. The van der Waals surface area contributed by atoms with Gasteiger partial charge in [-0.1, -0.05) is 18.2 Å². The third-order valence-electron chi connectivity index (χ3n) is 3.06. The van der Waals surface area contributed by atoms with Crippen LogP contribution in [0.5, 0.6) is 0 Å². The van der Waals surface area contributed by atoms with Crippen molar-refractivity contribution in [3.8, 4) is 0 Å². The molecule has 0 bridgehead atoms. The van der Waals surface area contributed by atoms with Crippen molar-refractivity contribution in [3.05, 3.63) is 30.3 Å². The van der Waals surface area contributed by atoms with Crippen LogP contribution < -0.4 is 5.32 Å². The molecule has 3 heteroatoms. The highest BCUT2D eigenvalue weighted by molar-refractivity contribution is 5.46. The zero-order chi connectivity index (χ0) is 10.7. The van der Waals surface area contributed by atoms with Crippen LogP contribution in [0.2, 0.25) is 0 Å². The molecule has 1 fully saturated rings. The van der Waals surface area contributed by atoms with Crippen LogP contribution in [0.4, 0.5) is 5.69 Å². The summed E-state index contributed by atoms with van der Waals surface area (Å²) in [7, 11) is 1.72. The predicted octanol–water partition coefficient (Wildman–Crippen LogP) is 1.64. The molecule has 0 unspecified atom stereocenters. The Bertz CT molecular complexity index is 307. The van der Waals surface area contributed by atoms with Gasteiger partial charge in [-0.15, -0.1) is 0 Å². The Morgan fingerprint density at radius 1 is 1.40 bits per heavy atom. The second-order valence-electron chi connectivity index (χ2n) is 4.20. The van der Waals surface area contributed by atoms with E-state index in [2.05, 4.69) is 5.32 Å². The summed E-state index contributed by atoms with van der Waals surface area (Å²) < 4.78 is 5.23. The van der Waals surface area contributed by atoms with Gasteiger partial charge in [0.1, 0.15) is 0 Å². The second-order valence-corrected chi connectivity index (χ2v) is 4.20. The van der Waals surface area contributed by atoms with Gasteiger partial charge in [-0.2, -0.15) is 0 Å². The molecule has 0 aliphatic heterocycles. The molecule has 2 rings (SSSR count). The number of aliphatic hydroxyl groups is 1. The average Bonchev–Trinajstić information content (AvgIpc) is 2.24. The third kappa shape index (κ3) is 2.13. The zero-order valence-electron chi connectivity index (χ0n) is 8.94. The van der Waals surface area contributed by atoms with E-state index in [0.29, 0.717) is 0 Å². The van der Waals surface area contributed by atoms with E-state index in [0.717, 1.165) is 18.5 Å². The molecule has 1 aromatic carbocycles. The fraction of sp³-hybridized carbons (Fsp3) is 0.500. The molecule has 82 valence electrons. The fourth-order valence-corrected chi connectivity index (χ4v) is 2.08. The van der Waals surface area contributed by atoms with Crippen LogP contribution in [0.3, 0.4) is 0 Å². The lowest BCUT2D eigenvalue weighted by atomic mass is 9.74. The van der Waals surface area contributed by atoms with Crippen molar-refractivity contribution in [1.29, 1.82) is 0 Å². The van der Waals surface area contributed by atoms with Gasteiger partial charge in [0.2, 0.25) is 0 Å². The van der Waals surface area contributed by atoms with Crippen molar-refractivity contribution in [1.82, 2.24) is 0 Å². The molecule has 0 saturated heterocycles. The molecule has 3 nitrogen and oxygen atoms in total. The van der Waals surface area contributed by atoms with Crippen molar-refractivity contribution >= 4 is 5.69 Å². The van der Waals surface area contributed by atoms with Gasteiger partial charge in [-0.3, -0.25) is 0 Å². The Morgan fingerprint density at radius 2 is 2.07 bits per heavy atom. The summed E-state index contributed by atoms with van der Waals surface area (Å²) in [6.07, 6.45) is 2.03. The Hall–Kier alpha value is -1.06. The minimum Gasteiger partial charge on any atom is -0.394 e. The SMILES string of the molecule is COC1CC(CO)(Nc2ccccc2)C1. The standard InChI is InChI=1S/C12H17NO2/c1-15-11-7-12(8-11,9-14)13-10-5-3-2-4-6-10/h2-6,11,13-14H,7-9H2,1H3. The van der Waals surface area contributed by atoms with Crippen LogP contribution in [0.1, 0.15) is 12.8 Å². The Balaban J connectivity index is 1.99. The van der Waals surface area contributed by atoms with Crippen LogP contribution >= 0.6 is 0 Å². The fourth-order valence-electron chi connectivity index (χ4n) is 2.08. The first-order chi connectivity index (χ1) is 7.28. The zero-order valence-corrected chi connectivity index (χ0v) is 8.94. The molecule has 1 aliphatic rings. The molecule has 0 heterocycles. The van der Waals surface area contributed by atoms with E-state index < -0.39 is 0 Å². The van der Waals surface area contributed by atoms with Gasteiger partial charge < -0.3 is 15.2 Å². The van der Waals surface area contributed by atoms with Crippen LogP contribution in [-0.4, -0.2) is 30.5 Å². The van der Waals surface area contributed by atoms with Gasteiger partial charge in [-0.25, -0.2) is 0 Å². The van der Waals surface area contributed by atoms with E-state index in [-0.39, 0.29) is 18.2 Å². The van der Waals surface area contributed by atoms with Gasteiger partial charge >= 0.3 is 0 Å². The first kappa shape index (κ1) is 10.5. The predicted molar refractivity (Wildman–Crippen MR) is 59.9 cm³/mol. The Morgan fingerprint density at radius 3 is 2.60 bits per heavy atom. The number of hydrogen-bond acceptors (Lipinski definition) is 3. The van der Waals surface area contributed by atoms with E-state index in [1.807, 2.05) is 30.3 Å². The Kier molecular flexibility index (Phi) is 2.93. The first-order valence-electron chi connectivity index (χ1n) is 5.25. The van der Waals surface area contributed by atoms with Crippen molar-refractivity contribution in [3.63, 3.8) is 0 Å². The maximum absolute atomic E-state index is 9.39. The van der Waals surface area contributed by atoms with Crippen molar-refractivity contribution in [2.24, 2.45) is 0 Å². The van der Waals surface area contributed by atoms with E-state index >= 15 is 0 Å². The van der Waals surface area contributed by atoms with Crippen LogP contribution in [-0.2, 0) is 4.74 Å². The third-order valence-corrected chi connectivity index (χ3v) is 3.06. The number of nitrogens with one attached hydrogen (secondary N) is 1. The summed E-state index contributed by atoms with van der Waals surface area (Å²) in [5.41, 5.74) is 0.878. The summed E-state index contributed by atoms with van der Waals surface area (Å²) in [5, 5.41) is 12.8. The number of anilines is 1. The summed E-state index contributed by atoms with van der Waals surface area (Å²) in [5.74, 6) is 0. The highest BCUT2D eigenvalue weighted by Gasteiger charge is 2.44. The summed E-state index contributed by atoms with van der Waals surface area (Å²) in [4.78, 5) is 0. The maximum Gasteiger partial charge on any atom is 0.0663 e. The number of ether oxygens (including phenoxy) is 1. The summed E-state index contributed by atoms with van der Waals surface area (Å²) in [6, 6.07) is 9.98. The average molecular weight is 207 g/mol. The minimum absolute atomic E-state index is 0.155. The van der Waals surface area contributed by atoms with E-state index in [1.165, 1.54) is 0 Å². The van der Waals surface area contributed by atoms with Crippen molar-refractivity contribution < 1.29 is 9.84 Å². The number of aliphatic hydroxyl groups excluding tert-OH is 1. The smallest absolute Gasteiger partial charge is 0.0663 e. The normalized spacial score (nSPS) is 29.6. The molecule has 1 saturated carbocycles. The van der Waals surface area contributed by atoms with Gasteiger partial charge in [-0.05, 0) is 25.0 Å². The molecule has 0 spiro atoms. The molecular weight excluding hydrogens is 190 g/mol. The van der Waals surface area contributed by atoms with Gasteiger partial charge in [0, 0.05) is 12.8 Å². The van der Waals surface area contributed by atoms with E-state index in [9.17, 15) is 5.11 Å². The van der Waals surface area contributed by atoms with E-state index in [4.69, 9.17) is 4.74 Å². The molecule has 1 aromatic rings. The monoisotopic (exact) mass is 207 g/mol. The molecular formula is C12H17NO2. The largest absolute Gasteiger partial charge is 0.394 e. The van der Waals surface area contributed by atoms with Gasteiger partial charge in [0.25, 0.3) is 0 Å². The lowest BCUT2D eigenvalue weighted by molar-refractivity contribution is -0.0256. The van der Waals surface area contributed by atoms with Gasteiger partial charge in [0.15, 0.2) is 0 Å². The number of methoxy groups -OCH3 is 1. The minimum atomic E-state index is -0.179. The molecule has 2 N–H and O–H groups in total. The highest BCUT2D eigenvalue weighted by Crippen LogP contribution is 2.36. The lowest BCUT2D eigenvalue weighted by Gasteiger charge is -2.46. The summed E-state index contributed by atoms with van der Waals surface area (Å²) >= 11 is 0. The molecule has 0 radical (unpaired) electrons. The molecule has 0 atom stereocenters. The quantitative estimate of drug-likeness (QED) is 0.788. The molecule has 0 aromatic heterocycles. The molecule has 0 amide bonds. The molecule has 1 aliphatic carbocycles. The van der Waals surface area contributed by atoms with E-state index in [1.54, 1.807) is 7.11 Å². The Labute approximate surface area is 90.1 Å². The van der Waals surface area contributed by atoms with Crippen LogP contribution in [0, 0.1) is 0 Å². The van der Waals surface area contributed by atoms with Crippen LogP contribution in [0.15, 0.2) is 30.3 Å². The van der Waals surface area contributed by atoms with Crippen molar-refractivity contribution in [2.45, 2.75) is 24.5 Å². The van der Waals surface area contributed by atoms with Gasteiger partial charge in [0.05, 0.1) is 18.2 Å². The topological polar surface area (TPSA) is 41.5 Å². The number of para-hydroxylation sites is 1.